The fraction of sp³-hybridized carbons (Fsp3) is 0.429. The highest BCUT2D eigenvalue weighted by atomic mass is 16.5. The predicted octanol–water partition coefficient (Wildman–Crippen LogP) is 1.97. The molecule has 1 rings (SSSR count). The molecule has 0 spiro atoms. The molecular formula is C14H18O5. The zero-order chi connectivity index (χ0) is 14.6. The van der Waals surface area contributed by atoms with E-state index in [2.05, 4.69) is 0 Å². The van der Waals surface area contributed by atoms with Crippen LogP contribution in [0.1, 0.15) is 25.3 Å². The van der Waals surface area contributed by atoms with Gasteiger partial charge in [0.15, 0.2) is 11.5 Å². The van der Waals surface area contributed by atoms with E-state index in [0.29, 0.717) is 22.8 Å². The molecule has 0 saturated heterocycles. The van der Waals surface area contributed by atoms with Gasteiger partial charge in [0.05, 0.1) is 21.3 Å². The van der Waals surface area contributed by atoms with Crippen LogP contribution in [0.4, 0.5) is 0 Å². The second-order valence-electron chi connectivity index (χ2n) is 4.11. The molecule has 0 aliphatic carbocycles. The second kappa shape index (κ2) is 6.22. The number of rotatable bonds is 6. The first-order chi connectivity index (χ1) is 8.96. The minimum absolute atomic E-state index is 0.221. The molecule has 0 bridgehead atoms. The van der Waals surface area contributed by atoms with Crippen molar-refractivity contribution < 1.29 is 23.8 Å². The summed E-state index contributed by atoms with van der Waals surface area (Å²) in [5, 5.41) is 0. The van der Waals surface area contributed by atoms with Crippen LogP contribution in [-0.4, -0.2) is 32.9 Å². The quantitative estimate of drug-likeness (QED) is 0.737. The van der Waals surface area contributed by atoms with E-state index >= 15 is 0 Å². The first kappa shape index (κ1) is 15.0. The molecule has 0 radical (unpaired) electrons. The molecular weight excluding hydrogens is 248 g/mol. The van der Waals surface area contributed by atoms with Gasteiger partial charge in [-0.15, -0.1) is 0 Å². The van der Waals surface area contributed by atoms with E-state index in [-0.39, 0.29) is 11.6 Å². The number of Topliss-reactive ketones (excluding diaryl/α,β-unsaturated/α-hetero) is 2. The van der Waals surface area contributed by atoms with E-state index in [1.807, 2.05) is 0 Å². The van der Waals surface area contributed by atoms with Gasteiger partial charge in [0, 0.05) is 0 Å². The predicted molar refractivity (Wildman–Crippen MR) is 70.2 cm³/mol. The molecule has 0 aromatic heterocycles. The zero-order valence-corrected chi connectivity index (χ0v) is 11.8. The van der Waals surface area contributed by atoms with Crippen LogP contribution in [0.2, 0.25) is 0 Å². The van der Waals surface area contributed by atoms with Crippen molar-refractivity contribution in [3.8, 4) is 17.2 Å². The van der Waals surface area contributed by atoms with Crippen molar-refractivity contribution in [1.82, 2.24) is 0 Å². The molecule has 0 fully saturated rings. The number of hydrogen-bond acceptors (Lipinski definition) is 5. The first-order valence-electron chi connectivity index (χ1n) is 5.77. The van der Waals surface area contributed by atoms with Crippen LogP contribution in [0.3, 0.4) is 0 Å². The van der Waals surface area contributed by atoms with E-state index in [4.69, 9.17) is 14.2 Å². The Kier molecular flexibility index (Phi) is 4.92. The van der Waals surface area contributed by atoms with Gasteiger partial charge in [0.2, 0.25) is 5.75 Å². The van der Waals surface area contributed by atoms with Gasteiger partial charge in [0.1, 0.15) is 17.5 Å². The van der Waals surface area contributed by atoms with Crippen molar-refractivity contribution in [3.63, 3.8) is 0 Å². The molecule has 0 aliphatic heterocycles. The van der Waals surface area contributed by atoms with Crippen LogP contribution in [0.5, 0.6) is 17.2 Å². The van der Waals surface area contributed by atoms with Gasteiger partial charge in [-0.2, -0.15) is 0 Å². The number of carbonyl (C=O) groups excluding carboxylic acids is 2. The molecule has 104 valence electrons. The van der Waals surface area contributed by atoms with Crippen molar-refractivity contribution in [3.05, 3.63) is 17.7 Å². The topological polar surface area (TPSA) is 61.8 Å². The lowest BCUT2D eigenvalue weighted by Gasteiger charge is -2.17. The number of methoxy groups -OCH3 is 3. The molecule has 5 heteroatoms. The van der Waals surface area contributed by atoms with Crippen molar-refractivity contribution in [2.24, 2.45) is 0 Å². The van der Waals surface area contributed by atoms with Gasteiger partial charge in [0.25, 0.3) is 0 Å². The van der Waals surface area contributed by atoms with E-state index in [9.17, 15) is 9.59 Å². The molecule has 1 aromatic rings. The zero-order valence-electron chi connectivity index (χ0n) is 11.8. The summed E-state index contributed by atoms with van der Waals surface area (Å²) in [6.45, 7) is 2.77. The number of ether oxygens (including phenoxy) is 3. The Labute approximate surface area is 112 Å². The van der Waals surface area contributed by atoms with Crippen LogP contribution in [0.15, 0.2) is 12.1 Å². The van der Waals surface area contributed by atoms with Crippen molar-refractivity contribution in [2.75, 3.05) is 21.3 Å². The third-order valence-corrected chi connectivity index (χ3v) is 2.83. The van der Waals surface area contributed by atoms with Crippen LogP contribution in [0, 0.1) is 0 Å². The van der Waals surface area contributed by atoms with Gasteiger partial charge < -0.3 is 14.2 Å². The average molecular weight is 266 g/mol. The minimum Gasteiger partial charge on any atom is -0.493 e. The monoisotopic (exact) mass is 266 g/mol. The summed E-state index contributed by atoms with van der Waals surface area (Å²) in [5.74, 6) is 0.0190. The van der Waals surface area contributed by atoms with Gasteiger partial charge in [-0.25, -0.2) is 0 Å². The minimum atomic E-state index is -0.811. The fourth-order valence-corrected chi connectivity index (χ4v) is 2.02. The number of benzene rings is 1. The Morgan fingerprint density at radius 1 is 0.895 bits per heavy atom. The SMILES string of the molecule is COc1cc(C(C(C)=O)C(C)=O)cc(OC)c1OC. The Balaban J connectivity index is 3.44. The number of ketones is 2. The molecule has 0 saturated carbocycles. The maximum absolute atomic E-state index is 11.6. The maximum Gasteiger partial charge on any atom is 0.203 e. The van der Waals surface area contributed by atoms with E-state index < -0.39 is 5.92 Å². The lowest BCUT2D eigenvalue weighted by atomic mass is 9.91. The fourth-order valence-electron chi connectivity index (χ4n) is 2.02. The van der Waals surface area contributed by atoms with E-state index in [0.717, 1.165) is 0 Å². The summed E-state index contributed by atoms with van der Waals surface area (Å²) in [7, 11) is 4.46. The molecule has 0 atom stereocenters. The molecule has 0 aliphatic rings. The van der Waals surface area contributed by atoms with Crippen LogP contribution in [0.25, 0.3) is 0 Å². The highest BCUT2D eigenvalue weighted by Gasteiger charge is 2.25. The van der Waals surface area contributed by atoms with Gasteiger partial charge in [-0.05, 0) is 31.5 Å². The number of carbonyl (C=O) groups is 2. The Morgan fingerprint density at radius 2 is 1.32 bits per heavy atom. The smallest absolute Gasteiger partial charge is 0.203 e. The summed E-state index contributed by atoms with van der Waals surface area (Å²) in [6.07, 6.45) is 0. The summed E-state index contributed by atoms with van der Waals surface area (Å²) in [5.41, 5.74) is 0.537. The molecule has 0 N–H and O–H groups in total. The third kappa shape index (κ3) is 3.05. The second-order valence-corrected chi connectivity index (χ2v) is 4.11. The molecule has 0 amide bonds. The van der Waals surface area contributed by atoms with E-state index in [1.54, 1.807) is 12.1 Å². The standard InChI is InChI=1S/C14H18O5/c1-8(15)13(9(2)16)10-6-11(17-3)14(19-5)12(7-10)18-4/h6-7,13H,1-5H3. The molecule has 5 nitrogen and oxygen atoms in total. The van der Waals surface area contributed by atoms with Crippen molar-refractivity contribution in [1.29, 1.82) is 0 Å². The maximum atomic E-state index is 11.6. The van der Waals surface area contributed by atoms with Gasteiger partial charge in [-0.1, -0.05) is 0 Å². The Morgan fingerprint density at radius 3 is 1.58 bits per heavy atom. The van der Waals surface area contributed by atoms with Crippen LogP contribution < -0.4 is 14.2 Å². The summed E-state index contributed by atoms with van der Waals surface area (Å²) in [4.78, 5) is 23.2. The Hall–Kier alpha value is -2.04. The first-order valence-corrected chi connectivity index (χ1v) is 5.77. The van der Waals surface area contributed by atoms with Crippen molar-refractivity contribution in [2.45, 2.75) is 19.8 Å². The number of hydrogen-bond donors (Lipinski definition) is 0. The molecule has 0 heterocycles. The highest BCUT2D eigenvalue weighted by molar-refractivity contribution is 6.05. The lowest BCUT2D eigenvalue weighted by molar-refractivity contribution is -0.126. The molecule has 0 unspecified atom stereocenters. The third-order valence-electron chi connectivity index (χ3n) is 2.83. The van der Waals surface area contributed by atoms with Crippen LogP contribution >= 0.6 is 0 Å². The molecule has 19 heavy (non-hydrogen) atoms. The summed E-state index contributed by atoms with van der Waals surface area (Å²) < 4.78 is 15.6. The van der Waals surface area contributed by atoms with Gasteiger partial charge >= 0.3 is 0 Å². The normalized spacial score (nSPS) is 10.2. The van der Waals surface area contributed by atoms with Crippen LogP contribution in [-0.2, 0) is 9.59 Å². The average Bonchev–Trinajstić information content (AvgIpc) is 2.36. The Bertz CT molecular complexity index is 454. The molecule has 1 aromatic carbocycles. The summed E-state index contributed by atoms with van der Waals surface area (Å²) >= 11 is 0. The van der Waals surface area contributed by atoms with Gasteiger partial charge in [-0.3, -0.25) is 9.59 Å². The highest BCUT2D eigenvalue weighted by Crippen LogP contribution is 2.40. The largest absolute Gasteiger partial charge is 0.493 e. The van der Waals surface area contributed by atoms with E-state index in [1.165, 1.54) is 35.2 Å². The van der Waals surface area contributed by atoms with Crippen molar-refractivity contribution >= 4 is 11.6 Å². The lowest BCUT2D eigenvalue weighted by Crippen LogP contribution is -2.17. The summed E-state index contributed by atoms with van der Waals surface area (Å²) in [6, 6.07) is 3.24.